The van der Waals surface area contributed by atoms with Crippen LogP contribution < -0.4 is 15.4 Å². The van der Waals surface area contributed by atoms with Gasteiger partial charge in [0.15, 0.2) is 5.78 Å². The molecule has 0 radical (unpaired) electrons. The summed E-state index contributed by atoms with van der Waals surface area (Å²) in [4.78, 5) is 23.0. The molecule has 0 saturated carbocycles. The monoisotopic (exact) mass is 272 g/mol. The summed E-state index contributed by atoms with van der Waals surface area (Å²) in [6.07, 6.45) is 1.46. The van der Waals surface area contributed by atoms with Gasteiger partial charge in [-0.15, -0.1) is 0 Å². The topological polar surface area (TPSA) is 87.7 Å². The summed E-state index contributed by atoms with van der Waals surface area (Å²) in [6, 6.07) is 7.31. The summed E-state index contributed by atoms with van der Waals surface area (Å²) in [7, 11) is 0. The van der Waals surface area contributed by atoms with Crippen LogP contribution in [0.3, 0.4) is 0 Å². The van der Waals surface area contributed by atoms with Gasteiger partial charge in [-0.05, 0) is 12.1 Å². The fourth-order valence-electron chi connectivity index (χ4n) is 2.12. The number of ether oxygens (including phenoxy) is 1. The van der Waals surface area contributed by atoms with E-state index < -0.39 is 12.5 Å². The molecule has 3 rings (SSSR count). The number of carbonyl (C=O) groups excluding carboxylic acids is 2. The molecule has 0 bridgehead atoms. The zero-order valence-electron chi connectivity index (χ0n) is 10.5. The summed E-state index contributed by atoms with van der Waals surface area (Å²) in [5.74, 6) is 0.342. The molecule has 1 aromatic carbocycles. The van der Waals surface area contributed by atoms with Crippen LogP contribution in [0.1, 0.15) is 6.42 Å². The summed E-state index contributed by atoms with van der Waals surface area (Å²) in [5.41, 5.74) is 1.61. The molecule has 1 aliphatic carbocycles. The van der Waals surface area contributed by atoms with E-state index in [0.717, 1.165) is 5.69 Å². The standard InChI is InChI=1S/C14H12N2O4/c17-7-13(19)15-10-5-8(18)6-12-14(10)16-9-3-1-2-4-11(9)20-12/h1-5,16-17H,6-7H2,(H,15,19). The number of hydrogen-bond acceptors (Lipinski definition) is 5. The first kappa shape index (κ1) is 12.4. The normalized spacial score (nSPS) is 16.4. The number of para-hydroxylation sites is 2. The summed E-state index contributed by atoms with van der Waals surface area (Å²) in [6.45, 7) is -0.647. The molecule has 3 N–H and O–H groups in total. The minimum atomic E-state index is -0.647. The van der Waals surface area contributed by atoms with Crippen LogP contribution in [0.5, 0.6) is 5.75 Å². The smallest absolute Gasteiger partial charge is 0.250 e. The van der Waals surface area contributed by atoms with E-state index in [1.54, 1.807) is 6.07 Å². The second-order valence-electron chi connectivity index (χ2n) is 4.43. The Balaban J connectivity index is 1.95. The minimum Gasteiger partial charge on any atom is -0.457 e. The van der Waals surface area contributed by atoms with Gasteiger partial charge in [0.05, 0.1) is 17.8 Å². The number of rotatable bonds is 2. The molecule has 0 unspecified atom stereocenters. The predicted molar refractivity (Wildman–Crippen MR) is 70.7 cm³/mol. The molecule has 20 heavy (non-hydrogen) atoms. The van der Waals surface area contributed by atoms with Crippen LogP contribution in [-0.2, 0) is 9.59 Å². The molecule has 102 valence electrons. The molecule has 1 aliphatic heterocycles. The van der Waals surface area contributed by atoms with Crippen molar-refractivity contribution in [3.8, 4) is 5.75 Å². The second kappa shape index (κ2) is 4.82. The van der Waals surface area contributed by atoms with Crippen LogP contribution in [-0.4, -0.2) is 23.4 Å². The first-order valence-electron chi connectivity index (χ1n) is 6.10. The van der Waals surface area contributed by atoms with Gasteiger partial charge in [-0.25, -0.2) is 0 Å². The molecule has 2 aliphatic rings. The second-order valence-corrected chi connectivity index (χ2v) is 4.43. The molecule has 0 aromatic heterocycles. The third kappa shape index (κ3) is 2.17. The van der Waals surface area contributed by atoms with E-state index in [1.807, 2.05) is 18.2 Å². The maximum absolute atomic E-state index is 11.7. The highest BCUT2D eigenvalue weighted by Crippen LogP contribution is 2.36. The lowest BCUT2D eigenvalue weighted by atomic mass is 10.0. The largest absolute Gasteiger partial charge is 0.457 e. The zero-order valence-corrected chi connectivity index (χ0v) is 10.5. The molecule has 0 fully saturated rings. The number of fused-ring (bicyclic) bond motifs is 1. The Bertz CT molecular complexity index is 661. The molecule has 0 spiro atoms. The Morgan fingerprint density at radius 1 is 1.40 bits per heavy atom. The number of benzene rings is 1. The SMILES string of the molecule is O=C1C=C(NC(=O)CO)C2=C(C1)Oc1ccccc1N2. The van der Waals surface area contributed by atoms with E-state index >= 15 is 0 Å². The average Bonchev–Trinajstić information content (AvgIpc) is 2.45. The number of aliphatic hydroxyl groups is 1. The summed E-state index contributed by atoms with van der Waals surface area (Å²) in [5, 5.41) is 14.4. The van der Waals surface area contributed by atoms with Gasteiger partial charge in [0.2, 0.25) is 5.91 Å². The number of anilines is 1. The predicted octanol–water partition coefficient (Wildman–Crippen LogP) is 0.668. The van der Waals surface area contributed by atoms with Crippen molar-refractivity contribution in [1.29, 1.82) is 0 Å². The van der Waals surface area contributed by atoms with Crippen LogP contribution in [0, 0.1) is 0 Å². The molecule has 1 heterocycles. The van der Waals surface area contributed by atoms with Crippen LogP contribution in [0.25, 0.3) is 0 Å². The maximum atomic E-state index is 11.7. The van der Waals surface area contributed by atoms with Crippen molar-refractivity contribution in [3.63, 3.8) is 0 Å². The molecule has 1 amide bonds. The van der Waals surface area contributed by atoms with E-state index in [-0.39, 0.29) is 12.2 Å². The Morgan fingerprint density at radius 2 is 2.20 bits per heavy atom. The van der Waals surface area contributed by atoms with Crippen molar-refractivity contribution in [2.45, 2.75) is 6.42 Å². The maximum Gasteiger partial charge on any atom is 0.250 e. The fourth-order valence-corrected chi connectivity index (χ4v) is 2.12. The Labute approximate surface area is 114 Å². The number of allylic oxidation sites excluding steroid dienone is 2. The lowest BCUT2D eigenvalue weighted by Crippen LogP contribution is -2.33. The van der Waals surface area contributed by atoms with Crippen molar-refractivity contribution >= 4 is 17.4 Å². The number of aliphatic hydroxyl groups excluding tert-OH is 1. The molecule has 1 aromatic rings. The number of nitrogens with one attached hydrogen (secondary N) is 2. The number of ketones is 1. The Morgan fingerprint density at radius 3 is 3.00 bits per heavy atom. The quantitative estimate of drug-likeness (QED) is 0.736. The van der Waals surface area contributed by atoms with Gasteiger partial charge in [0.1, 0.15) is 23.8 Å². The van der Waals surface area contributed by atoms with Crippen molar-refractivity contribution in [1.82, 2.24) is 5.32 Å². The van der Waals surface area contributed by atoms with E-state index in [0.29, 0.717) is 22.9 Å². The molecular formula is C14H12N2O4. The van der Waals surface area contributed by atoms with Gasteiger partial charge in [0.25, 0.3) is 0 Å². The number of amides is 1. The highest BCUT2D eigenvalue weighted by Gasteiger charge is 2.28. The third-order valence-corrected chi connectivity index (χ3v) is 2.99. The molecule has 0 saturated heterocycles. The molecule has 0 atom stereocenters. The van der Waals surface area contributed by atoms with Crippen LogP contribution >= 0.6 is 0 Å². The molecule has 6 nitrogen and oxygen atoms in total. The van der Waals surface area contributed by atoms with Crippen molar-refractivity contribution < 1.29 is 19.4 Å². The van der Waals surface area contributed by atoms with E-state index in [9.17, 15) is 9.59 Å². The fraction of sp³-hybridized carbons (Fsp3) is 0.143. The highest BCUT2D eigenvalue weighted by molar-refractivity contribution is 5.96. The van der Waals surface area contributed by atoms with Gasteiger partial charge in [-0.2, -0.15) is 0 Å². The van der Waals surface area contributed by atoms with Gasteiger partial charge in [0, 0.05) is 6.08 Å². The van der Waals surface area contributed by atoms with Crippen molar-refractivity contribution in [2.75, 3.05) is 11.9 Å². The van der Waals surface area contributed by atoms with Crippen molar-refractivity contribution in [2.24, 2.45) is 0 Å². The van der Waals surface area contributed by atoms with E-state index in [1.165, 1.54) is 6.08 Å². The molecule has 6 heteroatoms. The summed E-state index contributed by atoms with van der Waals surface area (Å²) < 4.78 is 5.69. The first-order valence-corrected chi connectivity index (χ1v) is 6.10. The van der Waals surface area contributed by atoms with Crippen LogP contribution in [0.4, 0.5) is 5.69 Å². The van der Waals surface area contributed by atoms with Gasteiger partial charge < -0.3 is 20.5 Å². The number of carbonyl (C=O) groups is 2. The summed E-state index contributed by atoms with van der Waals surface area (Å²) >= 11 is 0. The van der Waals surface area contributed by atoms with Crippen LogP contribution in [0.15, 0.2) is 47.5 Å². The third-order valence-electron chi connectivity index (χ3n) is 2.99. The Kier molecular flexibility index (Phi) is 3.00. The average molecular weight is 272 g/mol. The van der Waals surface area contributed by atoms with Crippen LogP contribution in [0.2, 0.25) is 0 Å². The highest BCUT2D eigenvalue weighted by atomic mass is 16.5. The zero-order chi connectivity index (χ0) is 14.1. The van der Waals surface area contributed by atoms with Gasteiger partial charge >= 0.3 is 0 Å². The first-order chi connectivity index (χ1) is 9.67. The van der Waals surface area contributed by atoms with Gasteiger partial charge in [-0.1, -0.05) is 12.1 Å². The minimum absolute atomic E-state index is 0.134. The number of hydrogen-bond donors (Lipinski definition) is 3. The van der Waals surface area contributed by atoms with E-state index in [4.69, 9.17) is 9.84 Å². The molecular weight excluding hydrogens is 260 g/mol. The lowest BCUT2D eigenvalue weighted by Gasteiger charge is -2.28. The van der Waals surface area contributed by atoms with Crippen molar-refractivity contribution in [3.05, 3.63) is 47.5 Å². The Hall–Kier alpha value is -2.60. The van der Waals surface area contributed by atoms with E-state index in [2.05, 4.69) is 10.6 Å². The lowest BCUT2D eigenvalue weighted by molar-refractivity contribution is -0.123. The van der Waals surface area contributed by atoms with Gasteiger partial charge in [-0.3, -0.25) is 9.59 Å².